The molecule has 0 saturated heterocycles. The van der Waals surface area contributed by atoms with Gasteiger partial charge in [0.15, 0.2) is 0 Å². The van der Waals surface area contributed by atoms with Gasteiger partial charge in [-0.1, -0.05) is 18.2 Å². The van der Waals surface area contributed by atoms with Gasteiger partial charge in [0.05, 0.1) is 11.9 Å². The molecular weight excluding hydrogens is 296 g/mol. The van der Waals surface area contributed by atoms with E-state index >= 15 is 0 Å². The zero-order valence-corrected chi connectivity index (χ0v) is 11.6. The summed E-state index contributed by atoms with van der Waals surface area (Å²) in [4.78, 5) is 11.0. The zero-order valence-electron chi connectivity index (χ0n) is 9.98. The highest BCUT2D eigenvalue weighted by Gasteiger charge is 2.47. The molecule has 4 nitrogen and oxygen atoms in total. The topological polar surface area (TPSA) is 55.1 Å². The molecule has 0 aliphatic heterocycles. The first-order valence-electron chi connectivity index (χ1n) is 5.87. The maximum Gasteiger partial charge on any atom is 0.304 e. The Balaban J connectivity index is 2.21. The van der Waals surface area contributed by atoms with Gasteiger partial charge in [0, 0.05) is 17.8 Å². The maximum absolute atomic E-state index is 11.0. The maximum atomic E-state index is 11.0. The first kappa shape index (κ1) is 11.7. The van der Waals surface area contributed by atoms with Crippen molar-refractivity contribution in [1.82, 2.24) is 9.78 Å². The summed E-state index contributed by atoms with van der Waals surface area (Å²) in [6, 6.07) is 6.02. The molecule has 0 unspecified atom stereocenters. The SMILES string of the molecule is Cn1nc(Br)c2cccc(C3(CC(=O)O)CC3)c21. The van der Waals surface area contributed by atoms with E-state index in [0.29, 0.717) is 0 Å². The van der Waals surface area contributed by atoms with E-state index in [1.54, 1.807) is 0 Å². The third-order valence-corrected chi connectivity index (χ3v) is 4.32. The van der Waals surface area contributed by atoms with Crippen LogP contribution in [0.1, 0.15) is 24.8 Å². The number of hydrogen-bond acceptors (Lipinski definition) is 2. The molecule has 0 amide bonds. The average Bonchev–Trinajstić information content (AvgIpc) is 3.01. The van der Waals surface area contributed by atoms with Crippen molar-refractivity contribution in [2.24, 2.45) is 7.05 Å². The summed E-state index contributed by atoms with van der Waals surface area (Å²) >= 11 is 3.44. The summed E-state index contributed by atoms with van der Waals surface area (Å²) in [7, 11) is 1.90. The smallest absolute Gasteiger partial charge is 0.304 e. The molecule has 1 aliphatic carbocycles. The van der Waals surface area contributed by atoms with E-state index in [4.69, 9.17) is 5.11 Å². The van der Waals surface area contributed by atoms with E-state index in [1.165, 1.54) is 0 Å². The molecular formula is C13H13BrN2O2. The monoisotopic (exact) mass is 308 g/mol. The highest BCUT2D eigenvalue weighted by Crippen LogP contribution is 2.53. The first-order chi connectivity index (χ1) is 8.53. The lowest BCUT2D eigenvalue weighted by Crippen LogP contribution is -2.14. The summed E-state index contributed by atoms with van der Waals surface area (Å²) in [6.07, 6.45) is 2.09. The molecule has 0 atom stereocenters. The number of aryl methyl sites for hydroxylation is 1. The summed E-state index contributed by atoms with van der Waals surface area (Å²) in [5, 5.41) is 14.5. The van der Waals surface area contributed by atoms with Crippen LogP contribution in [0.5, 0.6) is 0 Å². The van der Waals surface area contributed by atoms with Gasteiger partial charge in [-0.15, -0.1) is 0 Å². The Morgan fingerprint density at radius 3 is 2.89 bits per heavy atom. The molecule has 1 aliphatic rings. The number of aromatic nitrogens is 2. The molecule has 1 fully saturated rings. The van der Waals surface area contributed by atoms with Gasteiger partial charge < -0.3 is 5.11 Å². The number of nitrogens with zero attached hydrogens (tertiary/aromatic N) is 2. The highest BCUT2D eigenvalue weighted by molar-refractivity contribution is 9.10. The minimum Gasteiger partial charge on any atom is -0.481 e. The standard InChI is InChI=1S/C13H13BrN2O2/c1-16-11-8(12(14)15-16)3-2-4-9(11)13(5-6-13)7-10(17)18/h2-4H,5-7H2,1H3,(H,17,18). The number of benzene rings is 1. The van der Waals surface area contributed by atoms with Crippen LogP contribution in [0.3, 0.4) is 0 Å². The number of aliphatic carboxylic acids is 1. The number of halogens is 1. The largest absolute Gasteiger partial charge is 0.481 e. The summed E-state index contributed by atoms with van der Waals surface area (Å²) in [5.41, 5.74) is 1.98. The Labute approximate surface area is 113 Å². The molecule has 0 spiro atoms. The van der Waals surface area contributed by atoms with Crippen LogP contribution in [0.15, 0.2) is 22.8 Å². The van der Waals surface area contributed by atoms with E-state index in [0.717, 1.165) is 33.9 Å². The van der Waals surface area contributed by atoms with Crippen molar-refractivity contribution >= 4 is 32.8 Å². The highest BCUT2D eigenvalue weighted by atomic mass is 79.9. The predicted molar refractivity (Wildman–Crippen MR) is 71.6 cm³/mol. The number of carboxylic acids is 1. The molecule has 3 rings (SSSR count). The van der Waals surface area contributed by atoms with Crippen LogP contribution in [0.25, 0.3) is 10.9 Å². The van der Waals surface area contributed by atoms with Crippen molar-refractivity contribution in [2.75, 3.05) is 0 Å². The van der Waals surface area contributed by atoms with Crippen LogP contribution in [0, 0.1) is 0 Å². The summed E-state index contributed by atoms with van der Waals surface area (Å²) < 4.78 is 2.64. The van der Waals surface area contributed by atoms with Gasteiger partial charge in [0.2, 0.25) is 0 Å². The molecule has 1 aromatic heterocycles. The molecule has 1 N–H and O–H groups in total. The van der Waals surface area contributed by atoms with Gasteiger partial charge in [-0.05, 0) is 34.3 Å². The van der Waals surface area contributed by atoms with Gasteiger partial charge in [0.1, 0.15) is 4.60 Å². The van der Waals surface area contributed by atoms with Crippen LogP contribution in [0.4, 0.5) is 0 Å². The van der Waals surface area contributed by atoms with Crippen molar-refractivity contribution in [3.05, 3.63) is 28.4 Å². The lowest BCUT2D eigenvalue weighted by atomic mass is 9.91. The van der Waals surface area contributed by atoms with Crippen molar-refractivity contribution in [3.63, 3.8) is 0 Å². The van der Waals surface area contributed by atoms with Gasteiger partial charge >= 0.3 is 5.97 Å². The van der Waals surface area contributed by atoms with Crippen LogP contribution in [-0.4, -0.2) is 20.9 Å². The van der Waals surface area contributed by atoms with Gasteiger partial charge in [-0.3, -0.25) is 9.48 Å². The van der Waals surface area contributed by atoms with Crippen LogP contribution in [-0.2, 0) is 17.3 Å². The Morgan fingerprint density at radius 2 is 2.28 bits per heavy atom. The molecule has 1 heterocycles. The van der Waals surface area contributed by atoms with Crippen molar-refractivity contribution in [2.45, 2.75) is 24.7 Å². The zero-order chi connectivity index (χ0) is 12.9. The third-order valence-electron chi connectivity index (χ3n) is 3.73. The second kappa shape index (κ2) is 3.82. The molecule has 1 aromatic carbocycles. The van der Waals surface area contributed by atoms with E-state index in [1.807, 2.05) is 29.9 Å². The molecule has 2 aromatic rings. The Bertz CT molecular complexity index is 644. The lowest BCUT2D eigenvalue weighted by Gasteiger charge is -2.15. The average molecular weight is 309 g/mol. The van der Waals surface area contributed by atoms with E-state index < -0.39 is 5.97 Å². The number of rotatable bonds is 3. The molecule has 18 heavy (non-hydrogen) atoms. The molecule has 0 radical (unpaired) electrons. The van der Waals surface area contributed by atoms with Crippen LogP contribution >= 0.6 is 15.9 Å². The number of fused-ring (bicyclic) bond motifs is 1. The number of para-hydroxylation sites is 1. The fraction of sp³-hybridized carbons (Fsp3) is 0.385. The number of hydrogen-bond donors (Lipinski definition) is 1. The molecule has 5 heteroatoms. The van der Waals surface area contributed by atoms with Crippen LogP contribution < -0.4 is 0 Å². The Hall–Kier alpha value is -1.36. The third kappa shape index (κ3) is 1.65. The molecule has 94 valence electrons. The normalized spacial score (nSPS) is 17.0. The first-order valence-corrected chi connectivity index (χ1v) is 6.66. The van der Waals surface area contributed by atoms with E-state index in [2.05, 4.69) is 21.0 Å². The molecule has 0 bridgehead atoms. The number of carbonyl (C=O) groups is 1. The second-order valence-corrected chi connectivity index (χ2v) is 5.72. The second-order valence-electron chi connectivity index (χ2n) is 4.97. The fourth-order valence-corrected chi connectivity index (χ4v) is 3.26. The minimum atomic E-state index is -0.731. The van der Waals surface area contributed by atoms with Crippen molar-refractivity contribution < 1.29 is 9.90 Å². The van der Waals surface area contributed by atoms with Crippen molar-refractivity contribution in [3.8, 4) is 0 Å². The van der Waals surface area contributed by atoms with Crippen LogP contribution in [0.2, 0.25) is 0 Å². The Kier molecular flexibility index (Phi) is 2.48. The van der Waals surface area contributed by atoms with E-state index in [-0.39, 0.29) is 11.8 Å². The summed E-state index contributed by atoms with van der Waals surface area (Å²) in [6.45, 7) is 0. The van der Waals surface area contributed by atoms with E-state index in [9.17, 15) is 4.79 Å². The summed E-state index contributed by atoms with van der Waals surface area (Å²) in [5.74, 6) is -0.731. The quantitative estimate of drug-likeness (QED) is 0.948. The minimum absolute atomic E-state index is 0.182. The van der Waals surface area contributed by atoms with Gasteiger partial charge in [-0.2, -0.15) is 5.10 Å². The van der Waals surface area contributed by atoms with Crippen molar-refractivity contribution in [1.29, 1.82) is 0 Å². The fourth-order valence-electron chi connectivity index (χ4n) is 2.70. The number of carboxylic acid groups (broad SMARTS) is 1. The predicted octanol–water partition coefficient (Wildman–Crippen LogP) is 2.84. The van der Waals surface area contributed by atoms with Gasteiger partial charge in [0.25, 0.3) is 0 Å². The lowest BCUT2D eigenvalue weighted by molar-refractivity contribution is -0.137. The Morgan fingerprint density at radius 1 is 1.56 bits per heavy atom. The van der Waals surface area contributed by atoms with Gasteiger partial charge in [-0.25, -0.2) is 0 Å². The molecule has 1 saturated carbocycles.